The summed E-state index contributed by atoms with van der Waals surface area (Å²) in [6, 6.07) is 3.58. The molecule has 0 saturated heterocycles. The number of carboxylic acid groups (broad SMARTS) is 1. The number of benzene rings is 1. The SMILES string of the molecule is CSc1cc2c(cc1NC(=O)CC1(C(=O)O)CCC1)OCCO2. The number of carboxylic acids is 1. The number of hydrogen-bond acceptors (Lipinski definition) is 5. The van der Waals surface area contributed by atoms with E-state index in [-0.39, 0.29) is 12.3 Å². The predicted molar refractivity (Wildman–Crippen MR) is 86.4 cm³/mol. The zero-order valence-corrected chi connectivity index (χ0v) is 13.7. The summed E-state index contributed by atoms with van der Waals surface area (Å²) in [7, 11) is 0. The maximum Gasteiger partial charge on any atom is 0.310 e. The highest BCUT2D eigenvalue weighted by Gasteiger charge is 2.45. The van der Waals surface area contributed by atoms with Crippen molar-refractivity contribution in [2.75, 3.05) is 24.8 Å². The average Bonchev–Trinajstić information content (AvgIpc) is 2.49. The molecule has 0 bridgehead atoms. The van der Waals surface area contributed by atoms with Gasteiger partial charge in [-0.05, 0) is 25.2 Å². The Morgan fingerprint density at radius 2 is 1.91 bits per heavy atom. The predicted octanol–water partition coefficient (Wildman–Crippen LogP) is 2.76. The van der Waals surface area contributed by atoms with Crippen LogP contribution in [-0.4, -0.2) is 36.5 Å². The number of nitrogens with one attached hydrogen (secondary N) is 1. The van der Waals surface area contributed by atoms with Gasteiger partial charge in [0.05, 0.1) is 11.1 Å². The first-order chi connectivity index (χ1) is 11.0. The third-order valence-electron chi connectivity index (χ3n) is 4.40. The number of fused-ring (bicyclic) bond motifs is 1. The number of carbonyl (C=O) groups is 2. The Morgan fingerprint density at radius 1 is 1.26 bits per heavy atom. The molecule has 1 aromatic carbocycles. The van der Waals surface area contributed by atoms with E-state index in [0.717, 1.165) is 11.3 Å². The second-order valence-electron chi connectivity index (χ2n) is 5.86. The molecule has 2 N–H and O–H groups in total. The molecular formula is C16H19NO5S. The highest BCUT2D eigenvalue weighted by Crippen LogP contribution is 2.45. The summed E-state index contributed by atoms with van der Waals surface area (Å²) in [5, 5.41) is 12.2. The second-order valence-corrected chi connectivity index (χ2v) is 6.71. The minimum atomic E-state index is -0.891. The molecule has 1 amide bonds. The molecule has 6 nitrogen and oxygen atoms in total. The van der Waals surface area contributed by atoms with Crippen LogP contribution in [0.1, 0.15) is 25.7 Å². The van der Waals surface area contributed by atoms with Gasteiger partial charge in [-0.2, -0.15) is 0 Å². The molecule has 124 valence electrons. The molecule has 0 atom stereocenters. The maximum atomic E-state index is 12.3. The van der Waals surface area contributed by atoms with E-state index in [2.05, 4.69) is 5.32 Å². The molecule has 1 aliphatic carbocycles. The quantitative estimate of drug-likeness (QED) is 0.804. The van der Waals surface area contributed by atoms with E-state index >= 15 is 0 Å². The van der Waals surface area contributed by atoms with Gasteiger partial charge in [0, 0.05) is 17.4 Å². The summed E-state index contributed by atoms with van der Waals surface area (Å²) in [5.74, 6) is 0.103. The van der Waals surface area contributed by atoms with E-state index in [9.17, 15) is 14.7 Å². The topological polar surface area (TPSA) is 84.9 Å². The van der Waals surface area contributed by atoms with Crippen LogP contribution in [0.5, 0.6) is 11.5 Å². The molecule has 1 aromatic rings. The van der Waals surface area contributed by atoms with Gasteiger partial charge in [-0.1, -0.05) is 6.42 Å². The van der Waals surface area contributed by atoms with Crippen molar-refractivity contribution < 1.29 is 24.2 Å². The molecule has 2 aliphatic rings. The van der Waals surface area contributed by atoms with Crippen molar-refractivity contribution in [1.82, 2.24) is 0 Å². The fourth-order valence-electron chi connectivity index (χ4n) is 2.91. The normalized spacial score (nSPS) is 18.0. The fourth-order valence-corrected chi connectivity index (χ4v) is 3.46. The van der Waals surface area contributed by atoms with E-state index in [0.29, 0.717) is 43.2 Å². The molecule has 0 aromatic heterocycles. The van der Waals surface area contributed by atoms with Gasteiger partial charge in [0.15, 0.2) is 11.5 Å². The van der Waals surface area contributed by atoms with Gasteiger partial charge in [-0.15, -0.1) is 11.8 Å². The smallest absolute Gasteiger partial charge is 0.310 e. The highest BCUT2D eigenvalue weighted by atomic mass is 32.2. The van der Waals surface area contributed by atoms with Gasteiger partial charge in [0.1, 0.15) is 13.2 Å². The number of thioether (sulfide) groups is 1. The van der Waals surface area contributed by atoms with Crippen LogP contribution in [-0.2, 0) is 9.59 Å². The standard InChI is InChI=1S/C16H19NO5S/c1-23-13-8-12-11(21-5-6-22-12)7-10(13)17-14(18)9-16(15(19)20)3-2-4-16/h7-8H,2-6,9H2,1H3,(H,17,18)(H,19,20). The molecule has 0 unspecified atom stereocenters. The van der Waals surface area contributed by atoms with Gasteiger partial charge in [0.2, 0.25) is 5.91 Å². The van der Waals surface area contributed by atoms with Gasteiger partial charge in [0.25, 0.3) is 0 Å². The van der Waals surface area contributed by atoms with Crippen molar-refractivity contribution in [3.8, 4) is 11.5 Å². The van der Waals surface area contributed by atoms with Gasteiger partial charge < -0.3 is 19.9 Å². The Kier molecular flexibility index (Phi) is 4.39. The van der Waals surface area contributed by atoms with Crippen LogP contribution >= 0.6 is 11.8 Å². The van der Waals surface area contributed by atoms with E-state index in [4.69, 9.17) is 9.47 Å². The maximum absolute atomic E-state index is 12.3. The van der Waals surface area contributed by atoms with Crippen LogP contribution < -0.4 is 14.8 Å². The average molecular weight is 337 g/mol. The molecule has 0 spiro atoms. The molecular weight excluding hydrogens is 318 g/mol. The van der Waals surface area contributed by atoms with E-state index in [1.165, 1.54) is 11.8 Å². The number of carbonyl (C=O) groups excluding carboxylic acids is 1. The van der Waals surface area contributed by atoms with Crippen LogP contribution in [0.25, 0.3) is 0 Å². The Morgan fingerprint density at radius 3 is 2.43 bits per heavy atom. The van der Waals surface area contributed by atoms with Crippen molar-refractivity contribution >= 4 is 29.3 Å². The number of anilines is 1. The third-order valence-corrected chi connectivity index (χ3v) is 5.18. The first-order valence-electron chi connectivity index (χ1n) is 7.55. The summed E-state index contributed by atoms with van der Waals surface area (Å²) in [4.78, 5) is 24.6. The lowest BCUT2D eigenvalue weighted by Gasteiger charge is -2.37. The lowest BCUT2D eigenvalue weighted by Crippen LogP contribution is -2.41. The monoisotopic (exact) mass is 337 g/mol. The Balaban J connectivity index is 1.76. The summed E-state index contributed by atoms with van der Waals surface area (Å²) < 4.78 is 11.1. The van der Waals surface area contributed by atoms with E-state index in [1.54, 1.807) is 6.07 Å². The molecule has 3 rings (SSSR count). The van der Waals surface area contributed by atoms with Crippen molar-refractivity contribution in [3.05, 3.63) is 12.1 Å². The van der Waals surface area contributed by atoms with Crippen molar-refractivity contribution in [3.63, 3.8) is 0 Å². The van der Waals surface area contributed by atoms with Gasteiger partial charge >= 0.3 is 5.97 Å². The Hall–Kier alpha value is -1.89. The van der Waals surface area contributed by atoms with Crippen LogP contribution in [0.4, 0.5) is 5.69 Å². The summed E-state index contributed by atoms with van der Waals surface area (Å²) in [6.45, 7) is 0.981. The molecule has 1 heterocycles. The fraction of sp³-hybridized carbons (Fsp3) is 0.500. The summed E-state index contributed by atoms with van der Waals surface area (Å²) in [5.41, 5.74) is -0.260. The number of ether oxygens (including phenoxy) is 2. The van der Waals surface area contributed by atoms with Gasteiger partial charge in [-0.3, -0.25) is 9.59 Å². The lowest BCUT2D eigenvalue weighted by atomic mass is 9.66. The van der Waals surface area contributed by atoms with Crippen LogP contribution in [0.2, 0.25) is 0 Å². The molecule has 23 heavy (non-hydrogen) atoms. The first kappa shape index (κ1) is 16.0. The Bertz CT molecular complexity index is 642. The minimum absolute atomic E-state index is 0.00456. The zero-order valence-electron chi connectivity index (χ0n) is 12.9. The molecule has 0 radical (unpaired) electrons. The highest BCUT2D eigenvalue weighted by molar-refractivity contribution is 7.98. The number of aliphatic carboxylic acids is 1. The van der Waals surface area contributed by atoms with Crippen molar-refractivity contribution in [2.45, 2.75) is 30.6 Å². The summed E-state index contributed by atoms with van der Waals surface area (Å²) in [6.07, 6.45) is 3.90. The largest absolute Gasteiger partial charge is 0.486 e. The lowest BCUT2D eigenvalue weighted by molar-refractivity contribution is -0.157. The molecule has 7 heteroatoms. The Labute approximate surface area is 138 Å². The van der Waals surface area contributed by atoms with Crippen LogP contribution in [0.3, 0.4) is 0 Å². The summed E-state index contributed by atoms with van der Waals surface area (Å²) >= 11 is 1.49. The molecule has 1 aliphatic heterocycles. The zero-order chi connectivity index (χ0) is 16.4. The molecule has 1 fully saturated rings. The van der Waals surface area contributed by atoms with Crippen molar-refractivity contribution in [1.29, 1.82) is 0 Å². The van der Waals surface area contributed by atoms with Crippen LogP contribution in [0.15, 0.2) is 17.0 Å². The van der Waals surface area contributed by atoms with Crippen molar-refractivity contribution in [2.24, 2.45) is 5.41 Å². The molecule has 1 saturated carbocycles. The first-order valence-corrected chi connectivity index (χ1v) is 8.77. The number of hydrogen-bond donors (Lipinski definition) is 2. The number of rotatable bonds is 5. The van der Waals surface area contributed by atoms with Gasteiger partial charge in [-0.25, -0.2) is 0 Å². The van der Waals surface area contributed by atoms with E-state index < -0.39 is 11.4 Å². The second kappa shape index (κ2) is 6.31. The third kappa shape index (κ3) is 3.10. The minimum Gasteiger partial charge on any atom is -0.486 e. The van der Waals surface area contributed by atoms with Crippen LogP contribution in [0, 0.1) is 5.41 Å². The number of amides is 1. The van der Waals surface area contributed by atoms with E-state index in [1.807, 2.05) is 12.3 Å².